The first-order valence-electron chi connectivity index (χ1n) is 10.0. The van der Waals surface area contributed by atoms with Crippen molar-refractivity contribution in [3.8, 4) is 11.6 Å². The molecule has 1 atom stereocenters. The van der Waals surface area contributed by atoms with Gasteiger partial charge in [-0.3, -0.25) is 4.79 Å². The van der Waals surface area contributed by atoms with Gasteiger partial charge in [0.1, 0.15) is 11.5 Å². The Hall–Kier alpha value is -3.35. The highest BCUT2D eigenvalue weighted by atomic mass is 16.5. The predicted molar refractivity (Wildman–Crippen MR) is 111 cm³/mol. The van der Waals surface area contributed by atoms with Crippen LogP contribution in [0.5, 0.6) is 11.6 Å². The fourth-order valence-electron chi connectivity index (χ4n) is 3.80. The zero-order valence-electron chi connectivity index (χ0n) is 17.2. The lowest BCUT2D eigenvalue weighted by molar-refractivity contribution is 0.0697. The summed E-state index contributed by atoms with van der Waals surface area (Å²) in [6.45, 7) is 1.30. The summed E-state index contributed by atoms with van der Waals surface area (Å²) in [6.07, 6.45) is 5.80. The largest absolute Gasteiger partial charge is 0.496 e. The number of methoxy groups -OCH3 is 2. The molecule has 2 aromatic heterocycles. The number of carbonyl (C=O) groups is 1. The fourth-order valence-corrected chi connectivity index (χ4v) is 3.80. The Labute approximate surface area is 175 Å². The standard InChI is InChI=1S/C23H25N3O4/c1-28-20-8-4-3-6-16(20)12-19-14-25-22(30-19)18-7-5-11-26(15-18)23(27)17-9-10-21(29-2)24-13-17/h3-4,6,8-10,13-14,18H,5,7,11-12,15H2,1-2H3/t18-/m1/s1. The topological polar surface area (TPSA) is 77.7 Å². The number of hydrogen-bond donors (Lipinski definition) is 0. The molecule has 7 nitrogen and oxygen atoms in total. The van der Waals surface area contributed by atoms with Gasteiger partial charge in [0.05, 0.1) is 31.9 Å². The first-order valence-corrected chi connectivity index (χ1v) is 10.0. The van der Waals surface area contributed by atoms with Crippen LogP contribution in [0, 0.1) is 0 Å². The smallest absolute Gasteiger partial charge is 0.255 e. The maximum Gasteiger partial charge on any atom is 0.255 e. The van der Waals surface area contributed by atoms with Gasteiger partial charge in [-0.1, -0.05) is 18.2 Å². The molecule has 1 aromatic carbocycles. The van der Waals surface area contributed by atoms with Crippen LogP contribution in [0.3, 0.4) is 0 Å². The fraction of sp³-hybridized carbons (Fsp3) is 0.348. The average Bonchev–Trinajstić information content (AvgIpc) is 3.27. The number of amides is 1. The lowest BCUT2D eigenvalue weighted by Crippen LogP contribution is -2.39. The van der Waals surface area contributed by atoms with E-state index in [2.05, 4.69) is 9.97 Å². The third-order valence-electron chi connectivity index (χ3n) is 5.38. The van der Waals surface area contributed by atoms with E-state index in [1.807, 2.05) is 29.2 Å². The molecule has 1 saturated heterocycles. The lowest BCUT2D eigenvalue weighted by Gasteiger charge is -2.31. The van der Waals surface area contributed by atoms with Crippen LogP contribution in [0.1, 0.15) is 46.3 Å². The van der Waals surface area contributed by atoms with Crippen LogP contribution in [-0.4, -0.2) is 48.1 Å². The quantitative estimate of drug-likeness (QED) is 0.620. The molecule has 4 rings (SSSR count). The summed E-state index contributed by atoms with van der Waals surface area (Å²) >= 11 is 0. The summed E-state index contributed by atoms with van der Waals surface area (Å²) in [5.41, 5.74) is 1.61. The molecule has 0 aliphatic carbocycles. The Bertz CT molecular complexity index is 1000. The molecule has 3 heterocycles. The second-order valence-corrected chi connectivity index (χ2v) is 7.33. The summed E-state index contributed by atoms with van der Waals surface area (Å²) in [6, 6.07) is 11.3. The molecule has 0 N–H and O–H groups in total. The molecular weight excluding hydrogens is 382 g/mol. The maximum atomic E-state index is 12.9. The Kier molecular flexibility index (Phi) is 5.97. The van der Waals surface area contributed by atoms with Crippen molar-refractivity contribution in [1.82, 2.24) is 14.9 Å². The van der Waals surface area contributed by atoms with E-state index in [1.54, 1.807) is 38.7 Å². The molecule has 0 unspecified atom stereocenters. The normalized spacial score (nSPS) is 16.3. The second-order valence-electron chi connectivity index (χ2n) is 7.33. The van der Waals surface area contributed by atoms with E-state index < -0.39 is 0 Å². The average molecular weight is 407 g/mol. The minimum atomic E-state index is -0.0318. The minimum Gasteiger partial charge on any atom is -0.496 e. The number of oxazole rings is 1. The lowest BCUT2D eigenvalue weighted by atomic mass is 9.97. The number of aromatic nitrogens is 2. The van der Waals surface area contributed by atoms with Gasteiger partial charge in [-0.2, -0.15) is 0 Å². The summed E-state index contributed by atoms with van der Waals surface area (Å²) < 4.78 is 16.5. The molecular formula is C23H25N3O4. The van der Waals surface area contributed by atoms with Crippen LogP contribution < -0.4 is 9.47 Å². The molecule has 3 aromatic rings. The van der Waals surface area contributed by atoms with Crippen molar-refractivity contribution in [1.29, 1.82) is 0 Å². The third kappa shape index (κ3) is 4.30. The number of para-hydroxylation sites is 1. The third-order valence-corrected chi connectivity index (χ3v) is 5.38. The van der Waals surface area contributed by atoms with Gasteiger partial charge in [0.2, 0.25) is 5.88 Å². The van der Waals surface area contributed by atoms with Crippen LogP contribution >= 0.6 is 0 Å². The van der Waals surface area contributed by atoms with Gasteiger partial charge >= 0.3 is 0 Å². The molecule has 1 amide bonds. The number of hydrogen-bond acceptors (Lipinski definition) is 6. The van der Waals surface area contributed by atoms with Crippen LogP contribution in [0.2, 0.25) is 0 Å². The van der Waals surface area contributed by atoms with E-state index in [-0.39, 0.29) is 11.8 Å². The number of likely N-dealkylation sites (tertiary alicyclic amines) is 1. The van der Waals surface area contributed by atoms with Gasteiger partial charge in [-0.25, -0.2) is 9.97 Å². The van der Waals surface area contributed by atoms with Gasteiger partial charge in [0.25, 0.3) is 5.91 Å². The number of rotatable bonds is 6. The molecule has 0 saturated carbocycles. The van der Waals surface area contributed by atoms with Gasteiger partial charge in [0.15, 0.2) is 5.89 Å². The number of pyridine rings is 1. The Morgan fingerprint density at radius 2 is 2.00 bits per heavy atom. The van der Waals surface area contributed by atoms with E-state index in [9.17, 15) is 4.79 Å². The molecule has 7 heteroatoms. The summed E-state index contributed by atoms with van der Waals surface area (Å²) in [4.78, 5) is 23.4. The zero-order chi connectivity index (χ0) is 20.9. The van der Waals surface area contributed by atoms with E-state index in [1.165, 1.54) is 0 Å². The molecule has 156 valence electrons. The summed E-state index contributed by atoms with van der Waals surface area (Å²) in [5, 5.41) is 0. The second kappa shape index (κ2) is 8.98. The van der Waals surface area contributed by atoms with Crippen molar-refractivity contribution in [3.05, 3.63) is 71.6 Å². The minimum absolute atomic E-state index is 0.0318. The molecule has 0 bridgehead atoms. The molecule has 1 fully saturated rings. The molecule has 30 heavy (non-hydrogen) atoms. The van der Waals surface area contributed by atoms with Crippen molar-refractivity contribution in [2.75, 3.05) is 27.3 Å². The maximum absolute atomic E-state index is 12.9. The Balaban J connectivity index is 1.44. The van der Waals surface area contributed by atoms with Crippen molar-refractivity contribution < 1.29 is 18.7 Å². The van der Waals surface area contributed by atoms with Crippen LogP contribution in [0.4, 0.5) is 0 Å². The van der Waals surface area contributed by atoms with Crippen LogP contribution in [-0.2, 0) is 6.42 Å². The van der Waals surface area contributed by atoms with Gasteiger partial charge < -0.3 is 18.8 Å². The number of nitrogens with zero attached hydrogens (tertiary/aromatic N) is 3. The van der Waals surface area contributed by atoms with Crippen LogP contribution in [0.15, 0.2) is 53.2 Å². The van der Waals surface area contributed by atoms with Gasteiger partial charge in [-0.05, 0) is 25.0 Å². The van der Waals surface area contributed by atoms with E-state index in [0.717, 1.165) is 36.5 Å². The molecule has 1 aliphatic heterocycles. The van der Waals surface area contributed by atoms with Gasteiger partial charge in [-0.15, -0.1) is 0 Å². The number of carbonyl (C=O) groups excluding carboxylic acids is 1. The highest BCUT2D eigenvalue weighted by Gasteiger charge is 2.28. The summed E-state index contributed by atoms with van der Waals surface area (Å²) in [5.74, 6) is 2.85. The highest BCUT2D eigenvalue weighted by molar-refractivity contribution is 5.94. The first kappa shape index (κ1) is 19.9. The van der Waals surface area contributed by atoms with Gasteiger partial charge in [0, 0.05) is 37.3 Å². The van der Waals surface area contributed by atoms with Crippen molar-refractivity contribution in [2.24, 2.45) is 0 Å². The number of piperidine rings is 1. The van der Waals surface area contributed by atoms with E-state index >= 15 is 0 Å². The van der Waals surface area contributed by atoms with E-state index in [0.29, 0.717) is 30.3 Å². The summed E-state index contributed by atoms with van der Waals surface area (Å²) in [7, 11) is 3.22. The number of ether oxygens (including phenoxy) is 2. The molecule has 1 aliphatic rings. The molecule has 0 spiro atoms. The van der Waals surface area contributed by atoms with E-state index in [4.69, 9.17) is 13.9 Å². The molecule has 0 radical (unpaired) electrons. The predicted octanol–water partition coefficient (Wildman–Crippen LogP) is 3.70. The SMILES string of the molecule is COc1ccc(C(=O)N2CCC[C@@H](c3ncc(Cc4ccccc4OC)o3)C2)cn1. The van der Waals surface area contributed by atoms with Crippen molar-refractivity contribution in [3.63, 3.8) is 0 Å². The van der Waals surface area contributed by atoms with Crippen molar-refractivity contribution >= 4 is 5.91 Å². The van der Waals surface area contributed by atoms with Crippen LogP contribution in [0.25, 0.3) is 0 Å². The monoisotopic (exact) mass is 407 g/mol. The Morgan fingerprint density at radius 3 is 2.77 bits per heavy atom. The number of benzene rings is 1. The van der Waals surface area contributed by atoms with Crippen molar-refractivity contribution in [2.45, 2.75) is 25.2 Å². The first-order chi connectivity index (χ1) is 14.7. The highest BCUT2D eigenvalue weighted by Crippen LogP contribution is 2.29. The Morgan fingerprint density at radius 1 is 1.13 bits per heavy atom. The zero-order valence-corrected chi connectivity index (χ0v) is 17.2.